The summed E-state index contributed by atoms with van der Waals surface area (Å²) >= 11 is 0. The van der Waals surface area contributed by atoms with Crippen LogP contribution in [0.2, 0.25) is 0 Å². The molecule has 0 aromatic rings. The first-order valence-corrected chi connectivity index (χ1v) is 20.3. The van der Waals surface area contributed by atoms with E-state index < -0.39 is 0 Å². The number of nitrogens with two attached hydrogens (primary N) is 2. The lowest BCUT2D eigenvalue weighted by Gasteiger charge is -2.58. The Balaban J connectivity index is 0.00000433. The highest BCUT2D eigenvalue weighted by Crippen LogP contribution is 2.67. The Morgan fingerprint density at radius 1 is 0.863 bits per heavy atom. The van der Waals surface area contributed by atoms with Crippen LogP contribution < -0.4 is 16.8 Å². The SMILES string of the molecule is CC(C)CCCC(C)C1CCC2C3CC=C4CC(OC(=O)CCC(=O)N(CCCN)CCCCNCCCN)CCC4(C)C3CCC12C.Cl.Cl.Cl. The Kier molecular flexibility index (Phi) is 22.2. The van der Waals surface area contributed by atoms with Crippen LogP contribution in [0.3, 0.4) is 0 Å². The van der Waals surface area contributed by atoms with E-state index in [1.807, 2.05) is 4.90 Å². The number of carbonyl (C=O) groups is 2. The third-order valence-corrected chi connectivity index (χ3v) is 13.7. The first-order chi connectivity index (χ1) is 23.0. The summed E-state index contributed by atoms with van der Waals surface area (Å²) in [6.45, 7) is 17.0. The van der Waals surface area contributed by atoms with Crippen LogP contribution in [-0.2, 0) is 14.3 Å². The Labute approximate surface area is 331 Å². The van der Waals surface area contributed by atoms with Crippen LogP contribution in [0, 0.1) is 46.3 Å². The highest BCUT2D eigenvalue weighted by molar-refractivity contribution is 5.86. The number of nitrogens with zero attached hydrogens (tertiary/aromatic N) is 1. The number of carbonyl (C=O) groups excluding carboxylic acids is 2. The van der Waals surface area contributed by atoms with E-state index in [4.69, 9.17) is 16.2 Å². The largest absolute Gasteiger partial charge is 0.462 e. The molecule has 0 aromatic heterocycles. The molecular weight excluding hydrogens is 703 g/mol. The maximum absolute atomic E-state index is 13.1. The van der Waals surface area contributed by atoms with Crippen molar-refractivity contribution in [3.8, 4) is 0 Å². The van der Waals surface area contributed by atoms with E-state index in [2.05, 4.69) is 46.0 Å². The smallest absolute Gasteiger partial charge is 0.306 e. The monoisotopic (exact) mass is 779 g/mol. The molecule has 0 spiro atoms. The van der Waals surface area contributed by atoms with Crippen LogP contribution in [0.4, 0.5) is 0 Å². The minimum absolute atomic E-state index is 0. The van der Waals surface area contributed by atoms with Crippen molar-refractivity contribution < 1.29 is 14.3 Å². The van der Waals surface area contributed by atoms with Crippen LogP contribution in [-0.4, -0.2) is 62.1 Å². The molecule has 0 radical (unpaired) electrons. The van der Waals surface area contributed by atoms with Gasteiger partial charge in [-0.3, -0.25) is 9.59 Å². The Hall–Kier alpha value is -0.570. The average molecular weight is 780 g/mol. The lowest BCUT2D eigenvalue weighted by atomic mass is 9.47. The lowest BCUT2D eigenvalue weighted by molar-refractivity contribution is -0.153. The van der Waals surface area contributed by atoms with Crippen LogP contribution >= 0.6 is 37.2 Å². The number of unbranched alkanes of at least 4 members (excludes halogenated alkanes) is 1. The Bertz CT molecular complexity index is 1060. The third-order valence-electron chi connectivity index (χ3n) is 13.7. The number of fused-ring (bicyclic) bond motifs is 5. The van der Waals surface area contributed by atoms with Crippen LogP contribution in [0.5, 0.6) is 0 Å². The topological polar surface area (TPSA) is 111 Å². The van der Waals surface area contributed by atoms with Crippen molar-refractivity contribution in [2.24, 2.45) is 57.8 Å². The molecule has 10 heteroatoms. The molecule has 51 heavy (non-hydrogen) atoms. The maximum Gasteiger partial charge on any atom is 0.306 e. The number of hydrogen-bond donors (Lipinski definition) is 3. The standard InChI is InChI=1S/C41H74N4O3.3ClH/c1-30(2)11-8-12-31(3)35-15-16-36-34-14-13-32-29-33(19-21-40(32,4)37(34)20-22-41(35,36)5)48-39(47)18-17-38(46)45(28-10-24-43)27-7-6-25-44-26-9-23-42;;;/h13,30-31,33-37,44H,6-12,14-29,42-43H2,1-5H3;3*1H. The van der Waals surface area contributed by atoms with E-state index in [0.29, 0.717) is 31.6 Å². The van der Waals surface area contributed by atoms with Crippen LogP contribution in [0.15, 0.2) is 11.6 Å². The molecule has 3 saturated carbocycles. The van der Waals surface area contributed by atoms with Gasteiger partial charge >= 0.3 is 5.97 Å². The summed E-state index contributed by atoms with van der Waals surface area (Å²) in [7, 11) is 0. The molecule has 0 bridgehead atoms. The number of nitrogens with one attached hydrogen (secondary N) is 1. The number of rotatable bonds is 20. The zero-order chi connectivity index (χ0) is 34.7. The van der Waals surface area contributed by atoms with Gasteiger partial charge in [0.25, 0.3) is 0 Å². The Morgan fingerprint density at radius 3 is 2.27 bits per heavy atom. The average Bonchev–Trinajstić information content (AvgIpc) is 3.42. The molecule has 3 fully saturated rings. The zero-order valence-corrected chi connectivity index (χ0v) is 35.4. The van der Waals surface area contributed by atoms with Crippen molar-refractivity contribution in [1.29, 1.82) is 0 Å². The van der Waals surface area contributed by atoms with Crippen molar-refractivity contribution in [1.82, 2.24) is 10.2 Å². The first kappa shape index (κ1) is 48.4. The summed E-state index contributed by atoms with van der Waals surface area (Å²) in [4.78, 5) is 28.0. The van der Waals surface area contributed by atoms with Gasteiger partial charge in [0.05, 0.1) is 6.42 Å². The van der Waals surface area contributed by atoms with E-state index >= 15 is 0 Å². The summed E-state index contributed by atoms with van der Waals surface area (Å²) in [5, 5.41) is 3.40. The lowest BCUT2D eigenvalue weighted by Crippen LogP contribution is -2.51. The molecule has 4 aliphatic carbocycles. The van der Waals surface area contributed by atoms with Gasteiger partial charge in [0.2, 0.25) is 5.91 Å². The number of allylic oxidation sites excluding steroid dienone is 1. The summed E-state index contributed by atoms with van der Waals surface area (Å²) in [5.41, 5.74) is 13.6. The van der Waals surface area contributed by atoms with Crippen molar-refractivity contribution in [3.05, 3.63) is 11.6 Å². The molecule has 0 aliphatic heterocycles. The second-order valence-corrected chi connectivity index (χ2v) is 17.3. The van der Waals surface area contributed by atoms with Gasteiger partial charge in [-0.15, -0.1) is 37.2 Å². The van der Waals surface area contributed by atoms with E-state index in [0.717, 1.165) is 93.5 Å². The highest BCUT2D eigenvalue weighted by Gasteiger charge is 2.59. The minimum Gasteiger partial charge on any atom is -0.462 e. The van der Waals surface area contributed by atoms with E-state index in [1.165, 1.54) is 51.4 Å². The molecule has 4 rings (SSSR count). The van der Waals surface area contributed by atoms with Gasteiger partial charge in [0.1, 0.15) is 6.10 Å². The molecule has 1 amide bonds. The molecule has 5 N–H and O–H groups in total. The number of amides is 1. The third kappa shape index (κ3) is 12.7. The van der Waals surface area contributed by atoms with Gasteiger partial charge in [0.15, 0.2) is 0 Å². The molecule has 7 nitrogen and oxygen atoms in total. The van der Waals surface area contributed by atoms with E-state index in [-0.39, 0.29) is 73.5 Å². The molecule has 0 aromatic carbocycles. The summed E-state index contributed by atoms with van der Waals surface area (Å²) < 4.78 is 6.06. The first-order valence-electron chi connectivity index (χ1n) is 20.3. The second kappa shape index (κ2) is 23.4. The van der Waals surface area contributed by atoms with Crippen LogP contribution in [0.25, 0.3) is 0 Å². The molecular formula is C41H77Cl3N4O3. The van der Waals surface area contributed by atoms with E-state index in [9.17, 15) is 9.59 Å². The van der Waals surface area contributed by atoms with Crippen molar-refractivity contribution in [2.75, 3.05) is 39.3 Å². The zero-order valence-electron chi connectivity index (χ0n) is 32.9. The fourth-order valence-electron chi connectivity index (χ4n) is 10.9. The fraction of sp³-hybridized carbons (Fsp3) is 0.902. The predicted molar refractivity (Wildman–Crippen MR) is 220 cm³/mol. The fourth-order valence-corrected chi connectivity index (χ4v) is 10.9. The van der Waals surface area contributed by atoms with Gasteiger partial charge in [-0.05, 0) is 143 Å². The quantitative estimate of drug-likeness (QED) is 0.0647. The molecule has 8 unspecified atom stereocenters. The van der Waals surface area contributed by atoms with Gasteiger partial charge < -0.3 is 26.4 Å². The summed E-state index contributed by atoms with van der Waals surface area (Å²) in [5.74, 6) is 4.80. The Morgan fingerprint density at radius 2 is 1.57 bits per heavy atom. The second-order valence-electron chi connectivity index (χ2n) is 17.3. The maximum atomic E-state index is 13.1. The molecule has 0 heterocycles. The normalized spacial score (nSPS) is 30.0. The molecule has 4 aliphatic rings. The highest BCUT2D eigenvalue weighted by atomic mass is 35.5. The van der Waals surface area contributed by atoms with Crippen molar-refractivity contribution in [2.45, 2.75) is 150 Å². The van der Waals surface area contributed by atoms with Gasteiger partial charge in [-0.2, -0.15) is 0 Å². The number of esters is 1. The predicted octanol–water partition coefficient (Wildman–Crippen LogP) is 8.88. The molecule has 300 valence electrons. The van der Waals surface area contributed by atoms with Crippen molar-refractivity contribution >= 4 is 49.1 Å². The summed E-state index contributed by atoms with van der Waals surface area (Å²) in [6, 6.07) is 0. The summed E-state index contributed by atoms with van der Waals surface area (Å²) in [6.07, 6.45) is 20.5. The number of hydrogen-bond acceptors (Lipinski definition) is 6. The van der Waals surface area contributed by atoms with Crippen LogP contribution in [0.1, 0.15) is 144 Å². The van der Waals surface area contributed by atoms with Gasteiger partial charge in [-0.25, -0.2) is 0 Å². The minimum atomic E-state index is -0.220. The van der Waals surface area contributed by atoms with Gasteiger partial charge in [0, 0.05) is 25.9 Å². The van der Waals surface area contributed by atoms with E-state index in [1.54, 1.807) is 5.57 Å². The number of ether oxygens (including phenoxy) is 1. The number of halogens is 3. The molecule has 8 atom stereocenters. The molecule has 0 saturated heterocycles. The van der Waals surface area contributed by atoms with Crippen molar-refractivity contribution in [3.63, 3.8) is 0 Å². The van der Waals surface area contributed by atoms with Gasteiger partial charge in [-0.1, -0.05) is 65.5 Å².